The first-order chi connectivity index (χ1) is 8.49. The second-order valence-corrected chi connectivity index (χ2v) is 4.92. The molecule has 0 spiro atoms. The summed E-state index contributed by atoms with van der Waals surface area (Å²) >= 11 is 0. The number of likely N-dealkylation sites (N-methyl/N-ethyl adjacent to an activating group) is 1. The molecule has 0 amide bonds. The molecule has 0 bridgehead atoms. The first kappa shape index (κ1) is 15.1. The van der Waals surface area contributed by atoms with Crippen LogP contribution in [0.3, 0.4) is 0 Å². The Hall–Kier alpha value is -1.00. The molecule has 0 radical (unpaired) electrons. The van der Waals surface area contributed by atoms with Crippen molar-refractivity contribution in [2.24, 2.45) is 5.73 Å². The summed E-state index contributed by atoms with van der Waals surface area (Å²) in [6, 6.07) is 4.32. The first-order valence-corrected chi connectivity index (χ1v) is 6.37. The van der Waals surface area contributed by atoms with Crippen LogP contribution in [-0.4, -0.2) is 31.1 Å². The van der Waals surface area contributed by atoms with E-state index >= 15 is 0 Å². The van der Waals surface area contributed by atoms with Gasteiger partial charge in [0.1, 0.15) is 0 Å². The average Bonchev–Trinajstić information content (AvgIpc) is 2.30. The van der Waals surface area contributed by atoms with Gasteiger partial charge in [0.2, 0.25) is 0 Å². The highest BCUT2D eigenvalue weighted by molar-refractivity contribution is 5.18. The SMILES string of the molecule is CC(N)CCCN(C)CCc1ccc(F)c(F)c1. The molecule has 0 heterocycles. The highest BCUT2D eigenvalue weighted by Gasteiger charge is 2.04. The van der Waals surface area contributed by atoms with Crippen molar-refractivity contribution in [3.05, 3.63) is 35.4 Å². The van der Waals surface area contributed by atoms with Crippen molar-refractivity contribution in [1.82, 2.24) is 4.90 Å². The summed E-state index contributed by atoms with van der Waals surface area (Å²) in [5, 5.41) is 0. The fraction of sp³-hybridized carbons (Fsp3) is 0.571. The van der Waals surface area contributed by atoms with E-state index in [1.54, 1.807) is 6.07 Å². The van der Waals surface area contributed by atoms with Gasteiger partial charge in [-0.2, -0.15) is 0 Å². The monoisotopic (exact) mass is 256 g/mol. The maximum atomic E-state index is 13.0. The molecule has 2 nitrogen and oxygen atoms in total. The van der Waals surface area contributed by atoms with Crippen LogP contribution in [0.25, 0.3) is 0 Å². The van der Waals surface area contributed by atoms with E-state index in [0.29, 0.717) is 0 Å². The predicted octanol–water partition coefficient (Wildman–Crippen LogP) is 2.57. The number of benzene rings is 1. The van der Waals surface area contributed by atoms with Crippen molar-refractivity contribution in [2.75, 3.05) is 20.1 Å². The van der Waals surface area contributed by atoms with Gasteiger partial charge in [0.05, 0.1) is 0 Å². The van der Waals surface area contributed by atoms with Gasteiger partial charge in [-0.3, -0.25) is 0 Å². The Bertz CT molecular complexity index is 367. The van der Waals surface area contributed by atoms with E-state index in [-0.39, 0.29) is 6.04 Å². The molecule has 0 aliphatic heterocycles. The van der Waals surface area contributed by atoms with Crippen LogP contribution in [0.15, 0.2) is 18.2 Å². The van der Waals surface area contributed by atoms with Crippen molar-refractivity contribution in [3.8, 4) is 0 Å². The molecule has 1 aromatic carbocycles. The largest absolute Gasteiger partial charge is 0.328 e. The number of nitrogens with two attached hydrogens (primary N) is 1. The highest BCUT2D eigenvalue weighted by Crippen LogP contribution is 2.09. The lowest BCUT2D eigenvalue weighted by Crippen LogP contribution is -2.24. The van der Waals surface area contributed by atoms with Crippen LogP contribution in [0.2, 0.25) is 0 Å². The summed E-state index contributed by atoms with van der Waals surface area (Å²) in [5.41, 5.74) is 6.51. The number of hydrogen-bond acceptors (Lipinski definition) is 2. The molecule has 0 saturated heterocycles. The number of rotatable bonds is 7. The molecule has 0 saturated carbocycles. The molecule has 1 atom stereocenters. The summed E-state index contributed by atoms with van der Waals surface area (Å²) in [4.78, 5) is 2.18. The molecule has 2 N–H and O–H groups in total. The van der Waals surface area contributed by atoms with E-state index in [2.05, 4.69) is 4.90 Å². The van der Waals surface area contributed by atoms with Gasteiger partial charge >= 0.3 is 0 Å². The van der Waals surface area contributed by atoms with Gasteiger partial charge in [-0.1, -0.05) is 6.07 Å². The lowest BCUT2D eigenvalue weighted by molar-refractivity contribution is 0.326. The molecule has 102 valence electrons. The van der Waals surface area contributed by atoms with Crippen LogP contribution in [0.1, 0.15) is 25.3 Å². The van der Waals surface area contributed by atoms with E-state index in [0.717, 1.165) is 37.9 Å². The van der Waals surface area contributed by atoms with E-state index in [1.807, 2.05) is 14.0 Å². The second kappa shape index (κ2) is 7.44. The molecule has 0 aliphatic rings. The standard InChI is InChI=1S/C14H22F2N2/c1-11(17)4-3-8-18(2)9-7-12-5-6-13(15)14(16)10-12/h5-6,10-11H,3-4,7-9,17H2,1-2H3. The van der Waals surface area contributed by atoms with Gasteiger partial charge < -0.3 is 10.6 Å². The normalized spacial score (nSPS) is 13.0. The molecule has 18 heavy (non-hydrogen) atoms. The Labute approximate surface area is 108 Å². The molecular formula is C14H22F2N2. The quantitative estimate of drug-likeness (QED) is 0.812. The van der Waals surface area contributed by atoms with Gasteiger partial charge in [0.25, 0.3) is 0 Å². The van der Waals surface area contributed by atoms with Crippen molar-refractivity contribution < 1.29 is 8.78 Å². The fourth-order valence-electron chi connectivity index (χ4n) is 1.81. The molecule has 1 unspecified atom stereocenters. The van der Waals surface area contributed by atoms with Crippen LogP contribution in [0.4, 0.5) is 8.78 Å². The molecular weight excluding hydrogens is 234 g/mol. The topological polar surface area (TPSA) is 29.3 Å². The lowest BCUT2D eigenvalue weighted by Gasteiger charge is -2.17. The minimum Gasteiger partial charge on any atom is -0.328 e. The van der Waals surface area contributed by atoms with Crippen LogP contribution in [0, 0.1) is 11.6 Å². The van der Waals surface area contributed by atoms with Crippen LogP contribution in [0.5, 0.6) is 0 Å². The zero-order chi connectivity index (χ0) is 13.5. The zero-order valence-corrected chi connectivity index (χ0v) is 11.1. The summed E-state index contributed by atoms with van der Waals surface area (Å²) in [5.74, 6) is -1.56. The third kappa shape index (κ3) is 5.56. The molecule has 1 aromatic rings. The molecule has 0 fully saturated rings. The van der Waals surface area contributed by atoms with Gasteiger partial charge in [-0.15, -0.1) is 0 Å². The fourth-order valence-corrected chi connectivity index (χ4v) is 1.81. The van der Waals surface area contributed by atoms with Crippen molar-refractivity contribution >= 4 is 0 Å². The smallest absolute Gasteiger partial charge is 0.159 e. The molecule has 0 aromatic heterocycles. The van der Waals surface area contributed by atoms with Crippen molar-refractivity contribution in [1.29, 1.82) is 0 Å². The Morgan fingerprint density at radius 2 is 1.94 bits per heavy atom. The maximum Gasteiger partial charge on any atom is 0.159 e. The third-order valence-corrected chi connectivity index (χ3v) is 2.97. The Balaban J connectivity index is 2.29. The summed E-state index contributed by atoms with van der Waals surface area (Å²) in [6.07, 6.45) is 2.80. The van der Waals surface area contributed by atoms with Crippen molar-refractivity contribution in [3.63, 3.8) is 0 Å². The van der Waals surface area contributed by atoms with Crippen LogP contribution < -0.4 is 5.73 Å². The second-order valence-electron chi connectivity index (χ2n) is 4.92. The number of halogens is 2. The van der Waals surface area contributed by atoms with Gasteiger partial charge in [0, 0.05) is 12.6 Å². The summed E-state index contributed by atoms with van der Waals surface area (Å²) in [6.45, 7) is 3.82. The molecule has 4 heteroatoms. The van der Waals surface area contributed by atoms with Crippen LogP contribution in [-0.2, 0) is 6.42 Å². The van der Waals surface area contributed by atoms with Crippen LogP contribution >= 0.6 is 0 Å². The summed E-state index contributed by atoms with van der Waals surface area (Å²) in [7, 11) is 2.03. The molecule has 0 aliphatic carbocycles. The Morgan fingerprint density at radius 1 is 1.22 bits per heavy atom. The van der Waals surface area contributed by atoms with Gasteiger partial charge in [-0.05, 0) is 57.5 Å². The highest BCUT2D eigenvalue weighted by atomic mass is 19.2. The third-order valence-electron chi connectivity index (χ3n) is 2.97. The summed E-state index contributed by atoms with van der Waals surface area (Å²) < 4.78 is 25.7. The van der Waals surface area contributed by atoms with Gasteiger partial charge in [0.15, 0.2) is 11.6 Å². The average molecular weight is 256 g/mol. The number of nitrogens with zero attached hydrogens (tertiary/aromatic N) is 1. The van der Waals surface area contributed by atoms with E-state index in [1.165, 1.54) is 12.1 Å². The number of hydrogen-bond donors (Lipinski definition) is 1. The Kier molecular flexibility index (Phi) is 6.22. The van der Waals surface area contributed by atoms with Gasteiger partial charge in [-0.25, -0.2) is 8.78 Å². The van der Waals surface area contributed by atoms with E-state index in [4.69, 9.17) is 5.73 Å². The minimum absolute atomic E-state index is 0.240. The maximum absolute atomic E-state index is 13.0. The molecule has 1 rings (SSSR count). The van der Waals surface area contributed by atoms with Crippen molar-refractivity contribution in [2.45, 2.75) is 32.2 Å². The first-order valence-electron chi connectivity index (χ1n) is 6.37. The zero-order valence-electron chi connectivity index (χ0n) is 11.1. The lowest BCUT2D eigenvalue weighted by atomic mass is 10.1. The van der Waals surface area contributed by atoms with E-state index < -0.39 is 11.6 Å². The Morgan fingerprint density at radius 3 is 2.56 bits per heavy atom. The minimum atomic E-state index is -0.788. The predicted molar refractivity (Wildman–Crippen MR) is 70.4 cm³/mol. The van der Waals surface area contributed by atoms with E-state index in [9.17, 15) is 8.78 Å².